The van der Waals surface area contributed by atoms with Crippen molar-refractivity contribution < 1.29 is 9.21 Å². The van der Waals surface area contributed by atoms with Crippen LogP contribution in [0, 0.1) is 26.7 Å². The van der Waals surface area contributed by atoms with Crippen LogP contribution in [0.15, 0.2) is 16.5 Å². The van der Waals surface area contributed by atoms with E-state index in [-0.39, 0.29) is 11.8 Å². The van der Waals surface area contributed by atoms with E-state index in [0.29, 0.717) is 12.3 Å². The minimum atomic E-state index is -0.452. The number of benzene rings is 1. The molecule has 1 aromatic heterocycles. The number of aryl methyl sites for hydroxylation is 3. The lowest BCUT2D eigenvalue weighted by molar-refractivity contribution is 0.0856. The Bertz CT molecular complexity index is 715. The summed E-state index contributed by atoms with van der Waals surface area (Å²) < 4.78 is 5.89. The molecule has 0 aliphatic carbocycles. The second-order valence-electron chi connectivity index (χ2n) is 6.69. The molecule has 0 fully saturated rings. The number of carbonyl (C=O) groups is 1. The predicted octanol–water partition coefficient (Wildman–Crippen LogP) is 3.46. The van der Waals surface area contributed by atoms with Gasteiger partial charge in [0.1, 0.15) is 5.58 Å². The topological polar surface area (TPSA) is 68.3 Å². The summed E-state index contributed by atoms with van der Waals surface area (Å²) in [6.45, 7) is 12.4. The Labute approximate surface area is 132 Å². The number of amides is 1. The molecule has 0 aliphatic rings. The zero-order valence-electron chi connectivity index (χ0n) is 14.3. The first kappa shape index (κ1) is 16.6. The Balaban J connectivity index is 2.48. The zero-order valence-corrected chi connectivity index (χ0v) is 14.3. The van der Waals surface area contributed by atoms with Gasteiger partial charge in [-0.1, -0.05) is 26.0 Å². The third kappa shape index (κ3) is 2.63. The van der Waals surface area contributed by atoms with Gasteiger partial charge in [-0.05, 0) is 44.7 Å². The number of nitrogens with one attached hydrogen (secondary N) is 1. The summed E-state index contributed by atoms with van der Waals surface area (Å²) in [5, 5.41) is 4.07. The predicted molar refractivity (Wildman–Crippen MR) is 90.2 cm³/mol. The number of carbonyl (C=O) groups excluding carboxylic acids is 1. The van der Waals surface area contributed by atoms with Crippen molar-refractivity contribution in [1.29, 1.82) is 0 Å². The summed E-state index contributed by atoms with van der Waals surface area (Å²) in [6.07, 6.45) is 0. The quantitative estimate of drug-likeness (QED) is 0.908. The lowest BCUT2D eigenvalue weighted by Crippen LogP contribution is -2.55. The van der Waals surface area contributed by atoms with E-state index in [0.717, 1.165) is 27.7 Å². The van der Waals surface area contributed by atoms with Crippen LogP contribution in [0.5, 0.6) is 0 Å². The molecule has 0 spiro atoms. The highest BCUT2D eigenvalue weighted by molar-refractivity contribution is 6.00. The van der Waals surface area contributed by atoms with Crippen molar-refractivity contribution in [3.05, 3.63) is 34.6 Å². The van der Waals surface area contributed by atoms with E-state index in [4.69, 9.17) is 10.2 Å². The summed E-state index contributed by atoms with van der Waals surface area (Å²) >= 11 is 0. The van der Waals surface area contributed by atoms with E-state index in [9.17, 15) is 4.79 Å². The van der Waals surface area contributed by atoms with Crippen LogP contribution < -0.4 is 11.1 Å². The van der Waals surface area contributed by atoms with Gasteiger partial charge in [-0.3, -0.25) is 4.79 Å². The first-order valence-corrected chi connectivity index (χ1v) is 7.73. The van der Waals surface area contributed by atoms with Gasteiger partial charge >= 0.3 is 0 Å². The molecular formula is C18H26N2O2. The third-order valence-electron chi connectivity index (χ3n) is 4.79. The van der Waals surface area contributed by atoms with E-state index in [2.05, 4.69) is 11.4 Å². The Morgan fingerprint density at radius 1 is 1.27 bits per heavy atom. The summed E-state index contributed by atoms with van der Waals surface area (Å²) in [7, 11) is 0. The standard InChI is InChI=1S/C18H26N2O2/c1-10(2)18(6,9-19)20-17(21)16-13(5)14-11(3)7-8-12(4)15(14)22-16/h7-8,10H,9,19H2,1-6H3,(H,20,21). The molecule has 2 rings (SSSR count). The fraction of sp³-hybridized carbons (Fsp3) is 0.500. The van der Waals surface area contributed by atoms with Gasteiger partial charge in [0.25, 0.3) is 5.91 Å². The Morgan fingerprint density at radius 2 is 1.86 bits per heavy atom. The molecule has 1 unspecified atom stereocenters. The molecule has 0 saturated carbocycles. The Hall–Kier alpha value is -1.81. The number of rotatable bonds is 4. The maximum absolute atomic E-state index is 12.7. The fourth-order valence-electron chi connectivity index (χ4n) is 2.64. The molecule has 2 aromatic rings. The van der Waals surface area contributed by atoms with E-state index < -0.39 is 5.54 Å². The van der Waals surface area contributed by atoms with E-state index in [1.807, 2.05) is 47.6 Å². The Kier molecular flexibility index (Phi) is 4.34. The van der Waals surface area contributed by atoms with Crippen molar-refractivity contribution in [2.75, 3.05) is 6.54 Å². The zero-order chi connectivity index (χ0) is 16.7. The summed E-state index contributed by atoms with van der Waals surface area (Å²) in [4.78, 5) is 12.7. The summed E-state index contributed by atoms with van der Waals surface area (Å²) in [5.41, 5.74) is 9.23. The fourth-order valence-corrected chi connectivity index (χ4v) is 2.64. The average molecular weight is 302 g/mol. The maximum Gasteiger partial charge on any atom is 0.287 e. The molecule has 0 radical (unpaired) electrons. The number of nitrogens with two attached hydrogens (primary N) is 1. The van der Waals surface area contributed by atoms with Crippen LogP contribution in [0.4, 0.5) is 0 Å². The van der Waals surface area contributed by atoms with Gasteiger partial charge in [-0.15, -0.1) is 0 Å². The van der Waals surface area contributed by atoms with Crippen LogP contribution in [-0.4, -0.2) is 18.0 Å². The number of fused-ring (bicyclic) bond motifs is 1. The minimum absolute atomic E-state index is 0.200. The monoisotopic (exact) mass is 302 g/mol. The van der Waals surface area contributed by atoms with Crippen LogP contribution in [0.2, 0.25) is 0 Å². The van der Waals surface area contributed by atoms with Gasteiger partial charge in [-0.25, -0.2) is 0 Å². The molecule has 0 saturated heterocycles. The van der Waals surface area contributed by atoms with Crippen molar-refractivity contribution >= 4 is 16.9 Å². The third-order valence-corrected chi connectivity index (χ3v) is 4.79. The summed E-state index contributed by atoms with van der Waals surface area (Å²) in [5.74, 6) is 0.413. The molecule has 4 heteroatoms. The molecule has 4 nitrogen and oxygen atoms in total. The molecular weight excluding hydrogens is 276 g/mol. The lowest BCUT2D eigenvalue weighted by Gasteiger charge is -2.33. The first-order valence-electron chi connectivity index (χ1n) is 7.73. The molecule has 0 aliphatic heterocycles. The number of hydrogen-bond donors (Lipinski definition) is 2. The normalized spacial score (nSPS) is 14.4. The summed E-state index contributed by atoms with van der Waals surface area (Å²) in [6, 6.07) is 4.07. The highest BCUT2D eigenvalue weighted by atomic mass is 16.3. The van der Waals surface area contributed by atoms with Gasteiger partial charge in [0.15, 0.2) is 5.76 Å². The first-order chi connectivity index (χ1) is 10.2. The molecule has 3 N–H and O–H groups in total. The number of hydrogen-bond acceptors (Lipinski definition) is 3. The van der Waals surface area contributed by atoms with Crippen molar-refractivity contribution in [3.63, 3.8) is 0 Å². The van der Waals surface area contributed by atoms with Crippen molar-refractivity contribution in [3.8, 4) is 0 Å². The van der Waals surface area contributed by atoms with Crippen molar-refractivity contribution in [2.45, 2.75) is 47.1 Å². The van der Waals surface area contributed by atoms with E-state index >= 15 is 0 Å². The molecule has 120 valence electrons. The van der Waals surface area contributed by atoms with Crippen LogP contribution in [0.3, 0.4) is 0 Å². The molecule has 22 heavy (non-hydrogen) atoms. The second-order valence-corrected chi connectivity index (χ2v) is 6.69. The average Bonchev–Trinajstić information content (AvgIpc) is 2.81. The second kappa shape index (κ2) is 5.76. The molecule has 1 heterocycles. The highest BCUT2D eigenvalue weighted by Crippen LogP contribution is 2.31. The van der Waals surface area contributed by atoms with Gasteiger partial charge in [0.05, 0.1) is 5.54 Å². The largest absolute Gasteiger partial charge is 0.450 e. The molecule has 0 bridgehead atoms. The van der Waals surface area contributed by atoms with Crippen molar-refractivity contribution in [2.24, 2.45) is 11.7 Å². The maximum atomic E-state index is 12.7. The van der Waals surface area contributed by atoms with Crippen LogP contribution in [0.1, 0.15) is 48.0 Å². The smallest absolute Gasteiger partial charge is 0.287 e. The van der Waals surface area contributed by atoms with Gasteiger partial charge in [0, 0.05) is 17.5 Å². The Morgan fingerprint density at radius 3 is 2.36 bits per heavy atom. The van der Waals surface area contributed by atoms with Gasteiger partial charge in [0.2, 0.25) is 0 Å². The number of furan rings is 1. The SMILES string of the molecule is Cc1ccc(C)c2c(C)c(C(=O)NC(C)(CN)C(C)C)oc12. The minimum Gasteiger partial charge on any atom is -0.450 e. The molecule has 1 amide bonds. The molecule has 1 atom stereocenters. The molecule has 1 aromatic carbocycles. The highest BCUT2D eigenvalue weighted by Gasteiger charge is 2.31. The van der Waals surface area contributed by atoms with Crippen LogP contribution in [-0.2, 0) is 0 Å². The van der Waals surface area contributed by atoms with Crippen LogP contribution in [0.25, 0.3) is 11.0 Å². The van der Waals surface area contributed by atoms with E-state index in [1.54, 1.807) is 0 Å². The van der Waals surface area contributed by atoms with Gasteiger partial charge < -0.3 is 15.5 Å². The van der Waals surface area contributed by atoms with Crippen molar-refractivity contribution in [1.82, 2.24) is 5.32 Å². The van der Waals surface area contributed by atoms with Gasteiger partial charge in [-0.2, -0.15) is 0 Å². The van der Waals surface area contributed by atoms with Crippen LogP contribution >= 0.6 is 0 Å². The van der Waals surface area contributed by atoms with E-state index in [1.165, 1.54) is 0 Å². The lowest BCUT2D eigenvalue weighted by atomic mass is 9.88.